The lowest BCUT2D eigenvalue weighted by molar-refractivity contribution is 0.0595. The number of methoxy groups -OCH3 is 1. The molecule has 0 aliphatic carbocycles. The van der Waals surface area contributed by atoms with Gasteiger partial charge in [0.05, 0.1) is 7.11 Å². The summed E-state index contributed by atoms with van der Waals surface area (Å²) in [4.78, 5) is 29.2. The maximum Gasteiger partial charge on any atom is 0.253 e. The van der Waals surface area contributed by atoms with E-state index in [1.807, 2.05) is 39.8 Å². The van der Waals surface area contributed by atoms with E-state index >= 15 is 0 Å². The van der Waals surface area contributed by atoms with Crippen LogP contribution in [0.25, 0.3) is 11.1 Å². The fourth-order valence-electron chi connectivity index (χ4n) is 5.11. The second-order valence-corrected chi connectivity index (χ2v) is 9.43. The molecule has 0 N–H and O–H groups in total. The number of amides is 1. The molecule has 0 saturated carbocycles. The average Bonchev–Trinajstić information content (AvgIpc) is 2.84. The lowest BCUT2D eigenvalue weighted by Crippen LogP contribution is -2.49. The van der Waals surface area contributed by atoms with Gasteiger partial charge in [0.25, 0.3) is 11.5 Å². The molecule has 0 radical (unpaired) electrons. The number of ether oxygens (including phenoxy) is 1. The molecule has 2 bridgehead atoms. The van der Waals surface area contributed by atoms with Crippen molar-refractivity contribution in [2.24, 2.45) is 5.92 Å². The Morgan fingerprint density at radius 2 is 1.72 bits per heavy atom. The van der Waals surface area contributed by atoms with Crippen LogP contribution in [0, 0.1) is 5.92 Å². The van der Waals surface area contributed by atoms with Crippen molar-refractivity contribution in [1.29, 1.82) is 0 Å². The van der Waals surface area contributed by atoms with E-state index in [1.54, 1.807) is 24.9 Å². The minimum absolute atomic E-state index is 0.0416. The smallest absolute Gasteiger partial charge is 0.253 e. The number of carbonyl (C=O) groups is 1. The number of likely N-dealkylation sites (tertiary alicyclic amines) is 1. The van der Waals surface area contributed by atoms with Gasteiger partial charge in [-0.05, 0) is 66.6 Å². The number of rotatable bonds is 4. The molecule has 1 fully saturated rings. The normalized spacial score (nSPS) is 19.4. The molecule has 32 heavy (non-hydrogen) atoms. The van der Waals surface area contributed by atoms with Crippen molar-refractivity contribution < 1.29 is 9.53 Å². The number of nitrogens with zero attached hydrogens (tertiary/aromatic N) is 2. The molecule has 1 aromatic heterocycles. The van der Waals surface area contributed by atoms with Crippen LogP contribution in [0.4, 0.5) is 0 Å². The Labute approximate surface area is 192 Å². The summed E-state index contributed by atoms with van der Waals surface area (Å²) in [6, 6.07) is 19.4. The summed E-state index contributed by atoms with van der Waals surface area (Å²) in [6.07, 6.45) is 3.07. The van der Waals surface area contributed by atoms with Gasteiger partial charge in [0.1, 0.15) is 5.75 Å². The lowest BCUT2D eigenvalue weighted by atomic mass is 9.80. The highest BCUT2D eigenvalue weighted by Crippen LogP contribution is 2.40. The van der Waals surface area contributed by atoms with Crippen LogP contribution in [0.5, 0.6) is 5.75 Å². The van der Waals surface area contributed by atoms with Gasteiger partial charge >= 0.3 is 0 Å². The number of hydrogen-bond donors (Lipinski definition) is 0. The number of benzene rings is 2. The van der Waals surface area contributed by atoms with Gasteiger partial charge in [0.2, 0.25) is 0 Å². The van der Waals surface area contributed by atoms with Crippen molar-refractivity contribution in [2.45, 2.75) is 23.8 Å². The van der Waals surface area contributed by atoms with Gasteiger partial charge < -0.3 is 14.2 Å². The van der Waals surface area contributed by atoms with Crippen LogP contribution >= 0.6 is 11.8 Å². The monoisotopic (exact) mass is 446 g/mol. The lowest BCUT2D eigenvalue weighted by Gasteiger charge is -2.43. The average molecular weight is 447 g/mol. The first-order chi connectivity index (χ1) is 15.6. The predicted octanol–water partition coefficient (Wildman–Crippen LogP) is 4.51. The molecule has 5 rings (SSSR count). The van der Waals surface area contributed by atoms with Crippen LogP contribution < -0.4 is 10.3 Å². The molecule has 5 nitrogen and oxygen atoms in total. The van der Waals surface area contributed by atoms with Crippen LogP contribution in [0.3, 0.4) is 0 Å². The maximum absolute atomic E-state index is 13.2. The molecular formula is C26H26N2O3S. The molecule has 2 aromatic carbocycles. The van der Waals surface area contributed by atoms with Gasteiger partial charge in [-0.3, -0.25) is 9.59 Å². The molecular weight excluding hydrogens is 420 g/mol. The van der Waals surface area contributed by atoms with Crippen LogP contribution in [-0.4, -0.2) is 41.8 Å². The molecule has 1 amide bonds. The number of thioether (sulfide) groups is 1. The quantitative estimate of drug-likeness (QED) is 0.554. The molecule has 2 aliphatic heterocycles. The number of aromatic nitrogens is 1. The van der Waals surface area contributed by atoms with E-state index < -0.39 is 0 Å². The van der Waals surface area contributed by atoms with E-state index in [-0.39, 0.29) is 23.3 Å². The third kappa shape index (κ3) is 3.73. The Morgan fingerprint density at radius 1 is 0.969 bits per heavy atom. The molecule has 164 valence electrons. The van der Waals surface area contributed by atoms with Crippen LogP contribution in [-0.2, 0) is 6.54 Å². The van der Waals surface area contributed by atoms with Crippen LogP contribution in [0.2, 0.25) is 0 Å². The molecule has 2 atom stereocenters. The highest BCUT2D eigenvalue weighted by atomic mass is 32.2. The summed E-state index contributed by atoms with van der Waals surface area (Å²) in [5, 5.41) is 0. The van der Waals surface area contributed by atoms with Gasteiger partial charge in [-0.1, -0.05) is 12.1 Å². The minimum Gasteiger partial charge on any atom is -0.497 e. The molecule has 3 heterocycles. The third-order valence-corrected chi connectivity index (χ3v) is 7.36. The second-order valence-electron chi connectivity index (χ2n) is 8.55. The van der Waals surface area contributed by atoms with Crippen molar-refractivity contribution in [3.8, 4) is 16.9 Å². The van der Waals surface area contributed by atoms with E-state index in [2.05, 4.69) is 30.5 Å². The topological polar surface area (TPSA) is 51.5 Å². The van der Waals surface area contributed by atoms with Gasteiger partial charge in [0, 0.05) is 53.3 Å². The minimum atomic E-state index is 0.0416. The number of piperidine rings is 1. The zero-order chi connectivity index (χ0) is 22.2. The van der Waals surface area contributed by atoms with E-state index in [1.165, 1.54) is 4.90 Å². The Hall–Kier alpha value is -2.99. The molecule has 6 heteroatoms. The van der Waals surface area contributed by atoms with E-state index in [9.17, 15) is 9.59 Å². The van der Waals surface area contributed by atoms with E-state index in [0.29, 0.717) is 25.2 Å². The Bertz CT molecular complexity index is 1200. The van der Waals surface area contributed by atoms with E-state index in [4.69, 9.17) is 4.74 Å². The standard InChI is InChI=1S/C26H26N2O3S/c1-31-21-7-3-19(4-8-21)26(30)27-14-17-13-20(16-27)25-23(11-12-24(29)28(25)15-17)18-5-9-22(32-2)10-6-18/h3-12,17,20H,13-16H2,1-2H3. The summed E-state index contributed by atoms with van der Waals surface area (Å²) in [5.74, 6) is 1.21. The first kappa shape index (κ1) is 20.9. The zero-order valence-corrected chi connectivity index (χ0v) is 19.1. The molecule has 2 unspecified atom stereocenters. The molecule has 0 spiro atoms. The van der Waals surface area contributed by atoms with Gasteiger partial charge in [-0.2, -0.15) is 0 Å². The Morgan fingerprint density at radius 3 is 2.41 bits per heavy atom. The molecule has 3 aromatic rings. The SMILES string of the molecule is COc1ccc(C(=O)N2CC3CC(C2)c2c(-c4ccc(SC)cc4)ccc(=O)n2C3)cc1. The van der Waals surface area contributed by atoms with Crippen molar-refractivity contribution in [1.82, 2.24) is 9.47 Å². The Balaban J connectivity index is 1.49. The maximum atomic E-state index is 13.2. The first-order valence-electron chi connectivity index (χ1n) is 10.9. The Kier molecular flexibility index (Phi) is 5.55. The fourth-order valence-corrected chi connectivity index (χ4v) is 5.52. The molecule has 1 saturated heterocycles. The number of hydrogen-bond acceptors (Lipinski definition) is 4. The molecule has 2 aliphatic rings. The summed E-state index contributed by atoms with van der Waals surface area (Å²) < 4.78 is 7.17. The van der Waals surface area contributed by atoms with Crippen molar-refractivity contribution in [3.63, 3.8) is 0 Å². The predicted molar refractivity (Wildman–Crippen MR) is 128 cm³/mol. The fraction of sp³-hybridized carbons (Fsp3) is 0.308. The first-order valence-corrected chi connectivity index (χ1v) is 12.1. The number of fused-ring (bicyclic) bond motifs is 4. The summed E-state index contributed by atoms with van der Waals surface area (Å²) >= 11 is 1.71. The summed E-state index contributed by atoms with van der Waals surface area (Å²) in [6.45, 7) is 1.97. The van der Waals surface area contributed by atoms with Crippen molar-refractivity contribution >= 4 is 17.7 Å². The van der Waals surface area contributed by atoms with Crippen LogP contribution in [0.1, 0.15) is 28.4 Å². The van der Waals surface area contributed by atoms with Crippen molar-refractivity contribution in [3.05, 3.63) is 82.3 Å². The highest BCUT2D eigenvalue weighted by Gasteiger charge is 2.38. The van der Waals surface area contributed by atoms with E-state index in [0.717, 1.165) is 29.0 Å². The second kappa shape index (κ2) is 8.51. The van der Waals surface area contributed by atoms with Gasteiger partial charge in [-0.25, -0.2) is 0 Å². The number of pyridine rings is 1. The van der Waals surface area contributed by atoms with Gasteiger partial charge in [-0.15, -0.1) is 11.8 Å². The third-order valence-electron chi connectivity index (χ3n) is 6.62. The summed E-state index contributed by atoms with van der Waals surface area (Å²) in [5.41, 5.74) is 4.00. The largest absolute Gasteiger partial charge is 0.497 e. The number of carbonyl (C=O) groups excluding carboxylic acids is 1. The highest BCUT2D eigenvalue weighted by molar-refractivity contribution is 7.98. The van der Waals surface area contributed by atoms with Crippen LogP contribution in [0.15, 0.2) is 70.4 Å². The van der Waals surface area contributed by atoms with Crippen molar-refractivity contribution in [2.75, 3.05) is 26.5 Å². The summed E-state index contributed by atoms with van der Waals surface area (Å²) in [7, 11) is 1.62. The zero-order valence-electron chi connectivity index (χ0n) is 18.3. The van der Waals surface area contributed by atoms with Gasteiger partial charge in [0.15, 0.2) is 0 Å².